The van der Waals surface area contributed by atoms with Gasteiger partial charge in [-0.2, -0.15) is 0 Å². The van der Waals surface area contributed by atoms with Crippen molar-refractivity contribution < 1.29 is 4.79 Å². The third-order valence-corrected chi connectivity index (χ3v) is 6.76. The Kier molecular flexibility index (Phi) is 5.31. The van der Waals surface area contributed by atoms with Gasteiger partial charge in [0.1, 0.15) is 17.0 Å². The van der Waals surface area contributed by atoms with Gasteiger partial charge < -0.3 is 10.2 Å². The lowest BCUT2D eigenvalue weighted by Crippen LogP contribution is -2.41. The number of aromatic nitrogens is 2. The van der Waals surface area contributed by atoms with Crippen molar-refractivity contribution in [3.05, 3.63) is 46.6 Å². The van der Waals surface area contributed by atoms with Gasteiger partial charge in [0.05, 0.1) is 11.3 Å². The van der Waals surface area contributed by atoms with E-state index in [-0.39, 0.29) is 11.8 Å². The van der Waals surface area contributed by atoms with Gasteiger partial charge in [0, 0.05) is 23.7 Å². The number of thiophene rings is 1. The predicted octanol–water partition coefficient (Wildman–Crippen LogP) is 4.73. The van der Waals surface area contributed by atoms with Gasteiger partial charge >= 0.3 is 0 Å². The number of hydrogen-bond donors (Lipinski definition) is 1. The lowest BCUT2D eigenvalue weighted by atomic mass is 9.96. The van der Waals surface area contributed by atoms with Crippen LogP contribution in [0.25, 0.3) is 10.2 Å². The molecule has 1 atom stereocenters. The zero-order chi connectivity index (χ0) is 19.7. The molecule has 1 aliphatic heterocycles. The molecule has 5 nitrogen and oxygen atoms in total. The standard InChI is InChI=1S/C22H26N4OS/c1-4-18-11-19-20(23-13-24-22(19)28-18)26-9-5-6-16(12-26)21(27)25-17-8-7-14(2)15(3)10-17/h7-8,10-11,13,16H,4-6,9,12H2,1-3H3,(H,25,27)/t16-/m0/s1. The monoisotopic (exact) mass is 394 g/mol. The molecule has 4 rings (SSSR count). The number of amides is 1. The van der Waals surface area contributed by atoms with Crippen LogP contribution in [0.4, 0.5) is 11.5 Å². The second kappa shape index (κ2) is 7.87. The zero-order valence-electron chi connectivity index (χ0n) is 16.7. The summed E-state index contributed by atoms with van der Waals surface area (Å²) in [5, 5.41) is 4.22. The first-order valence-corrected chi connectivity index (χ1v) is 10.7. The van der Waals surface area contributed by atoms with E-state index in [1.165, 1.54) is 16.0 Å². The number of hydrogen-bond acceptors (Lipinski definition) is 5. The van der Waals surface area contributed by atoms with Crippen LogP contribution in [0.2, 0.25) is 0 Å². The van der Waals surface area contributed by atoms with Crippen LogP contribution in [-0.2, 0) is 11.2 Å². The molecule has 0 saturated carbocycles. The number of benzene rings is 1. The van der Waals surface area contributed by atoms with Crippen molar-refractivity contribution >= 4 is 39.0 Å². The van der Waals surface area contributed by atoms with E-state index < -0.39 is 0 Å². The molecule has 0 radical (unpaired) electrons. The van der Waals surface area contributed by atoms with Gasteiger partial charge in [-0.3, -0.25) is 4.79 Å². The highest BCUT2D eigenvalue weighted by Crippen LogP contribution is 2.32. The highest BCUT2D eigenvalue weighted by molar-refractivity contribution is 7.18. The average molecular weight is 395 g/mol. The Balaban J connectivity index is 1.52. The van der Waals surface area contributed by atoms with Crippen molar-refractivity contribution in [3.8, 4) is 0 Å². The number of carbonyl (C=O) groups is 1. The minimum absolute atomic E-state index is 0.0374. The van der Waals surface area contributed by atoms with Crippen LogP contribution in [0.15, 0.2) is 30.6 Å². The molecule has 3 heterocycles. The number of carbonyl (C=O) groups excluding carboxylic acids is 1. The van der Waals surface area contributed by atoms with E-state index in [2.05, 4.69) is 53.1 Å². The molecule has 1 saturated heterocycles. The second-order valence-corrected chi connectivity index (χ2v) is 8.67. The average Bonchev–Trinajstić information content (AvgIpc) is 3.14. The highest BCUT2D eigenvalue weighted by atomic mass is 32.1. The molecule has 1 aromatic carbocycles. The maximum atomic E-state index is 12.9. The quantitative estimate of drug-likeness (QED) is 0.695. The summed E-state index contributed by atoms with van der Waals surface area (Å²) in [6, 6.07) is 8.28. The van der Waals surface area contributed by atoms with Gasteiger partial charge in [0.2, 0.25) is 5.91 Å². The third kappa shape index (κ3) is 3.74. The fourth-order valence-electron chi connectivity index (χ4n) is 3.77. The van der Waals surface area contributed by atoms with Crippen molar-refractivity contribution in [2.75, 3.05) is 23.3 Å². The number of piperidine rings is 1. The summed E-state index contributed by atoms with van der Waals surface area (Å²) in [4.78, 5) is 26.5. The summed E-state index contributed by atoms with van der Waals surface area (Å²) in [5.41, 5.74) is 3.30. The van der Waals surface area contributed by atoms with Crippen molar-refractivity contribution in [2.45, 2.75) is 40.0 Å². The molecule has 1 aliphatic rings. The predicted molar refractivity (Wildman–Crippen MR) is 116 cm³/mol. The topological polar surface area (TPSA) is 58.1 Å². The summed E-state index contributed by atoms with van der Waals surface area (Å²) in [5.74, 6) is 1.02. The van der Waals surface area contributed by atoms with E-state index in [4.69, 9.17) is 0 Å². The van der Waals surface area contributed by atoms with Gasteiger partial charge in [-0.1, -0.05) is 13.0 Å². The Morgan fingerprint density at radius 2 is 2.11 bits per heavy atom. The van der Waals surface area contributed by atoms with Gasteiger partial charge in [0.25, 0.3) is 0 Å². The molecule has 1 amide bonds. The highest BCUT2D eigenvalue weighted by Gasteiger charge is 2.28. The van der Waals surface area contributed by atoms with Crippen LogP contribution in [-0.4, -0.2) is 29.0 Å². The summed E-state index contributed by atoms with van der Waals surface area (Å²) in [7, 11) is 0. The Morgan fingerprint density at radius 3 is 2.89 bits per heavy atom. The number of fused-ring (bicyclic) bond motifs is 1. The largest absolute Gasteiger partial charge is 0.355 e. The van der Waals surface area contributed by atoms with Crippen LogP contribution < -0.4 is 10.2 Å². The van der Waals surface area contributed by atoms with Crippen LogP contribution in [0.3, 0.4) is 0 Å². The van der Waals surface area contributed by atoms with E-state index in [1.807, 2.05) is 12.1 Å². The smallest absolute Gasteiger partial charge is 0.229 e. The third-order valence-electron chi connectivity index (χ3n) is 5.57. The van der Waals surface area contributed by atoms with Gasteiger partial charge in [-0.15, -0.1) is 11.3 Å². The molecule has 3 aromatic rings. The van der Waals surface area contributed by atoms with Gasteiger partial charge in [-0.05, 0) is 62.4 Å². The summed E-state index contributed by atoms with van der Waals surface area (Å²) < 4.78 is 0. The molecule has 1 N–H and O–H groups in total. The molecule has 28 heavy (non-hydrogen) atoms. The van der Waals surface area contributed by atoms with E-state index >= 15 is 0 Å². The van der Waals surface area contributed by atoms with Crippen molar-refractivity contribution in [1.82, 2.24) is 9.97 Å². The molecule has 6 heteroatoms. The maximum Gasteiger partial charge on any atom is 0.229 e. The lowest BCUT2D eigenvalue weighted by Gasteiger charge is -2.33. The molecule has 2 aromatic heterocycles. The van der Waals surface area contributed by atoms with E-state index in [9.17, 15) is 4.79 Å². The van der Waals surface area contributed by atoms with Gasteiger partial charge in [-0.25, -0.2) is 9.97 Å². The van der Waals surface area contributed by atoms with Crippen LogP contribution >= 0.6 is 11.3 Å². The number of rotatable bonds is 4. The molecular formula is C22H26N4OS. The molecule has 0 bridgehead atoms. The van der Waals surface area contributed by atoms with Crippen LogP contribution in [0, 0.1) is 19.8 Å². The summed E-state index contributed by atoms with van der Waals surface area (Å²) >= 11 is 1.73. The molecular weight excluding hydrogens is 368 g/mol. The minimum Gasteiger partial charge on any atom is -0.355 e. The maximum absolute atomic E-state index is 12.9. The molecule has 0 unspecified atom stereocenters. The van der Waals surface area contributed by atoms with Crippen molar-refractivity contribution in [3.63, 3.8) is 0 Å². The second-order valence-electron chi connectivity index (χ2n) is 7.56. The first-order chi connectivity index (χ1) is 13.5. The van der Waals surface area contributed by atoms with E-state index in [0.29, 0.717) is 6.54 Å². The Morgan fingerprint density at radius 1 is 1.25 bits per heavy atom. The minimum atomic E-state index is -0.0374. The first-order valence-electron chi connectivity index (χ1n) is 9.91. The Hall–Kier alpha value is -2.47. The molecule has 146 valence electrons. The van der Waals surface area contributed by atoms with Crippen LogP contribution in [0.1, 0.15) is 35.8 Å². The Bertz CT molecular complexity index is 1010. The molecule has 0 aliphatic carbocycles. The first kappa shape index (κ1) is 18.9. The van der Waals surface area contributed by atoms with Crippen molar-refractivity contribution in [2.24, 2.45) is 5.92 Å². The summed E-state index contributed by atoms with van der Waals surface area (Å²) in [6.45, 7) is 7.93. The van der Waals surface area contributed by atoms with Gasteiger partial charge in [0.15, 0.2) is 0 Å². The van der Waals surface area contributed by atoms with Crippen LogP contribution in [0.5, 0.6) is 0 Å². The van der Waals surface area contributed by atoms with E-state index in [1.54, 1.807) is 17.7 Å². The summed E-state index contributed by atoms with van der Waals surface area (Å²) in [6.07, 6.45) is 4.54. The fraction of sp³-hybridized carbons (Fsp3) is 0.409. The molecule has 0 spiro atoms. The lowest BCUT2D eigenvalue weighted by molar-refractivity contribution is -0.120. The van der Waals surface area contributed by atoms with E-state index in [0.717, 1.165) is 47.5 Å². The number of aryl methyl sites for hydroxylation is 3. The van der Waals surface area contributed by atoms with Crippen molar-refractivity contribution in [1.29, 1.82) is 0 Å². The SMILES string of the molecule is CCc1cc2c(N3CCC[C@H](C(=O)Nc4ccc(C)c(C)c4)C3)ncnc2s1. The normalized spacial score (nSPS) is 17.1. The fourth-order valence-corrected chi connectivity index (χ4v) is 4.70. The number of nitrogens with one attached hydrogen (secondary N) is 1. The zero-order valence-corrected chi connectivity index (χ0v) is 17.5. The number of anilines is 2. The Labute approximate surface area is 169 Å². The molecule has 1 fully saturated rings. The number of nitrogens with zero attached hydrogens (tertiary/aromatic N) is 3.